The lowest BCUT2D eigenvalue weighted by Gasteiger charge is -2.26. The van der Waals surface area contributed by atoms with Gasteiger partial charge >= 0.3 is 6.18 Å². The van der Waals surface area contributed by atoms with Crippen LogP contribution in [0.2, 0.25) is 0 Å². The van der Waals surface area contributed by atoms with Crippen molar-refractivity contribution in [1.29, 1.82) is 0 Å². The highest BCUT2D eigenvalue weighted by atomic mass is 19.4. The molecule has 1 aromatic carbocycles. The van der Waals surface area contributed by atoms with Gasteiger partial charge in [-0.2, -0.15) is 28.2 Å². The van der Waals surface area contributed by atoms with Crippen molar-refractivity contribution in [3.05, 3.63) is 54.2 Å². The third-order valence-electron chi connectivity index (χ3n) is 6.12. The molecule has 0 radical (unpaired) electrons. The zero-order valence-corrected chi connectivity index (χ0v) is 17.5. The molecule has 33 heavy (non-hydrogen) atoms. The molecule has 3 aromatic rings. The lowest BCUT2D eigenvalue weighted by Crippen LogP contribution is -2.40. The quantitative estimate of drug-likeness (QED) is 0.627. The van der Waals surface area contributed by atoms with E-state index < -0.39 is 11.9 Å². The molecule has 5 rings (SSSR count). The van der Waals surface area contributed by atoms with Crippen LogP contribution in [0.25, 0.3) is 5.69 Å². The minimum Gasteiger partial charge on any atom is -0.497 e. The number of hydrogen-bond acceptors (Lipinski definition) is 7. The standard InChI is InChI=1S/C21H20F3N7O2/c1-33-13-3-5-16(31-27-6-7-28-31)14(9-13)20(32)30-12-2-4-17(30)15(8-12)29-19-11-25-18(10-26-19)21(22,23)24/h3,5-7,9-12,15,17H,2,4,8H2,1H3,(H,26,29)/t12-,15-,17+/m1/s1. The predicted molar refractivity (Wildman–Crippen MR) is 110 cm³/mol. The van der Waals surface area contributed by atoms with Gasteiger partial charge in [-0.1, -0.05) is 0 Å². The summed E-state index contributed by atoms with van der Waals surface area (Å²) in [4.78, 5) is 24.2. The van der Waals surface area contributed by atoms with Crippen LogP contribution in [0.4, 0.5) is 19.0 Å². The van der Waals surface area contributed by atoms with E-state index in [4.69, 9.17) is 4.74 Å². The first-order valence-electron chi connectivity index (χ1n) is 10.4. The molecule has 2 fully saturated rings. The van der Waals surface area contributed by atoms with Crippen LogP contribution in [0.15, 0.2) is 43.0 Å². The average molecular weight is 459 g/mol. The summed E-state index contributed by atoms with van der Waals surface area (Å²) in [6, 6.07) is 4.88. The van der Waals surface area contributed by atoms with E-state index >= 15 is 0 Å². The minimum absolute atomic E-state index is 0.00652. The number of carbonyl (C=O) groups is 1. The maximum Gasteiger partial charge on any atom is 0.434 e. The first-order chi connectivity index (χ1) is 15.8. The molecule has 9 nitrogen and oxygen atoms in total. The monoisotopic (exact) mass is 459 g/mol. The van der Waals surface area contributed by atoms with Gasteiger partial charge in [0.1, 0.15) is 11.6 Å². The van der Waals surface area contributed by atoms with Gasteiger partial charge in [-0.25, -0.2) is 9.97 Å². The normalized spacial score (nSPS) is 21.9. The molecule has 12 heteroatoms. The molecule has 3 atom stereocenters. The number of carbonyl (C=O) groups excluding carboxylic acids is 1. The van der Waals surface area contributed by atoms with Crippen molar-refractivity contribution in [2.45, 2.75) is 43.6 Å². The number of aromatic nitrogens is 5. The zero-order chi connectivity index (χ0) is 23.2. The summed E-state index contributed by atoms with van der Waals surface area (Å²) in [5, 5.41) is 11.5. The fraction of sp³-hybridized carbons (Fsp3) is 0.381. The first-order valence-corrected chi connectivity index (χ1v) is 10.4. The second-order valence-corrected chi connectivity index (χ2v) is 7.98. The van der Waals surface area contributed by atoms with Gasteiger partial charge in [0, 0.05) is 6.04 Å². The van der Waals surface area contributed by atoms with Crippen molar-refractivity contribution in [1.82, 2.24) is 29.9 Å². The molecule has 4 heterocycles. The maximum absolute atomic E-state index is 13.7. The van der Waals surface area contributed by atoms with Crippen LogP contribution < -0.4 is 10.1 Å². The molecule has 0 spiro atoms. The number of amides is 1. The second-order valence-electron chi connectivity index (χ2n) is 7.98. The molecular weight excluding hydrogens is 439 g/mol. The van der Waals surface area contributed by atoms with E-state index in [2.05, 4.69) is 25.5 Å². The third-order valence-corrected chi connectivity index (χ3v) is 6.12. The van der Waals surface area contributed by atoms with Crippen LogP contribution in [0.5, 0.6) is 5.75 Å². The highest BCUT2D eigenvalue weighted by Crippen LogP contribution is 2.40. The molecule has 1 N–H and O–H groups in total. The van der Waals surface area contributed by atoms with E-state index in [0.29, 0.717) is 29.6 Å². The Morgan fingerprint density at radius 2 is 1.94 bits per heavy atom. The summed E-state index contributed by atoms with van der Waals surface area (Å²) < 4.78 is 43.6. The van der Waals surface area contributed by atoms with Crippen LogP contribution in [0, 0.1) is 0 Å². The Morgan fingerprint density at radius 1 is 1.15 bits per heavy atom. The number of halogens is 3. The number of alkyl halides is 3. The van der Waals surface area contributed by atoms with E-state index in [1.165, 1.54) is 24.3 Å². The summed E-state index contributed by atoms with van der Waals surface area (Å²) in [7, 11) is 1.53. The number of hydrogen-bond donors (Lipinski definition) is 1. The number of anilines is 1. The summed E-state index contributed by atoms with van der Waals surface area (Å²) in [6.45, 7) is 0. The van der Waals surface area contributed by atoms with Gasteiger partial charge in [-0.3, -0.25) is 4.79 Å². The van der Waals surface area contributed by atoms with Gasteiger partial charge in [0.25, 0.3) is 5.91 Å². The Morgan fingerprint density at radius 3 is 2.61 bits per heavy atom. The van der Waals surface area contributed by atoms with Crippen molar-refractivity contribution >= 4 is 11.7 Å². The number of rotatable bonds is 5. The molecule has 2 saturated heterocycles. The predicted octanol–water partition coefficient (Wildman–Crippen LogP) is 2.94. The summed E-state index contributed by atoms with van der Waals surface area (Å²) in [5.41, 5.74) is -0.0942. The second kappa shape index (κ2) is 8.01. The van der Waals surface area contributed by atoms with Gasteiger partial charge in [0.15, 0.2) is 5.69 Å². The highest BCUT2D eigenvalue weighted by molar-refractivity contribution is 5.99. The number of methoxy groups -OCH3 is 1. The number of benzene rings is 1. The Kier molecular flexibility index (Phi) is 5.14. The fourth-order valence-corrected chi connectivity index (χ4v) is 4.67. The van der Waals surface area contributed by atoms with Gasteiger partial charge in [-0.05, 0) is 37.5 Å². The fourth-order valence-electron chi connectivity index (χ4n) is 4.67. The molecule has 2 bridgehead atoms. The number of nitrogens with zero attached hydrogens (tertiary/aromatic N) is 6. The van der Waals surface area contributed by atoms with Crippen LogP contribution in [0.1, 0.15) is 35.3 Å². The molecule has 2 aromatic heterocycles. The molecule has 0 unspecified atom stereocenters. The Balaban J connectivity index is 1.39. The summed E-state index contributed by atoms with van der Waals surface area (Å²) in [6.07, 6.45) is 2.60. The lowest BCUT2D eigenvalue weighted by molar-refractivity contribution is -0.141. The molecule has 172 valence electrons. The van der Waals surface area contributed by atoms with Gasteiger partial charge in [0.05, 0.1) is 55.2 Å². The van der Waals surface area contributed by atoms with Crippen LogP contribution >= 0.6 is 0 Å². The van der Waals surface area contributed by atoms with Crippen molar-refractivity contribution in [3.8, 4) is 11.4 Å². The van der Waals surface area contributed by atoms with Gasteiger partial charge in [-0.15, -0.1) is 0 Å². The Bertz CT molecular complexity index is 1150. The Labute approximate surface area is 186 Å². The molecule has 2 aliphatic heterocycles. The molecule has 0 aliphatic carbocycles. The van der Waals surface area contributed by atoms with Gasteiger partial charge < -0.3 is 15.0 Å². The molecule has 0 saturated carbocycles. The Hall–Kier alpha value is -3.70. The van der Waals surface area contributed by atoms with Crippen molar-refractivity contribution in [2.24, 2.45) is 0 Å². The van der Waals surface area contributed by atoms with Crippen molar-refractivity contribution < 1.29 is 22.7 Å². The number of ether oxygens (including phenoxy) is 1. The van der Waals surface area contributed by atoms with E-state index in [0.717, 1.165) is 19.0 Å². The van der Waals surface area contributed by atoms with Crippen LogP contribution in [-0.2, 0) is 6.18 Å². The number of nitrogens with one attached hydrogen (secondary N) is 1. The zero-order valence-electron chi connectivity index (χ0n) is 17.5. The number of fused-ring (bicyclic) bond motifs is 2. The van der Waals surface area contributed by atoms with Crippen molar-refractivity contribution in [2.75, 3.05) is 12.4 Å². The first kappa shape index (κ1) is 21.2. The van der Waals surface area contributed by atoms with Crippen LogP contribution in [-0.4, -0.2) is 61.0 Å². The smallest absolute Gasteiger partial charge is 0.434 e. The minimum atomic E-state index is -4.54. The topological polar surface area (TPSA) is 98.1 Å². The molecular formula is C21H20F3N7O2. The van der Waals surface area contributed by atoms with E-state index in [1.807, 2.05) is 4.90 Å². The van der Waals surface area contributed by atoms with Gasteiger partial charge in [0.2, 0.25) is 0 Å². The lowest BCUT2D eigenvalue weighted by atomic mass is 9.95. The van der Waals surface area contributed by atoms with E-state index in [-0.39, 0.29) is 29.9 Å². The average Bonchev–Trinajstić information content (AvgIpc) is 3.55. The molecule has 1 amide bonds. The van der Waals surface area contributed by atoms with Crippen LogP contribution in [0.3, 0.4) is 0 Å². The third kappa shape index (κ3) is 3.85. The SMILES string of the molecule is COc1ccc(-n2nccn2)c(C(=O)N2[C@@H]3CC[C@H]2[C@H](Nc2cnc(C(F)(F)F)cn2)C3)c1. The summed E-state index contributed by atoms with van der Waals surface area (Å²) >= 11 is 0. The largest absolute Gasteiger partial charge is 0.497 e. The van der Waals surface area contributed by atoms with Crippen molar-refractivity contribution in [3.63, 3.8) is 0 Å². The maximum atomic E-state index is 13.7. The van der Waals surface area contributed by atoms with E-state index in [1.54, 1.807) is 18.2 Å². The summed E-state index contributed by atoms with van der Waals surface area (Å²) in [5.74, 6) is 0.614. The highest BCUT2D eigenvalue weighted by Gasteiger charge is 2.49. The van der Waals surface area contributed by atoms with E-state index in [9.17, 15) is 18.0 Å². The molecule has 2 aliphatic rings.